The van der Waals surface area contributed by atoms with Crippen LogP contribution in [0.3, 0.4) is 0 Å². The number of esters is 1. The molecule has 0 bridgehead atoms. The largest absolute Gasteiger partial charge is 0.434 e. The summed E-state index contributed by atoms with van der Waals surface area (Å²) in [5, 5.41) is 13.8. The second-order valence-electron chi connectivity index (χ2n) is 4.77. The van der Waals surface area contributed by atoms with Crippen molar-refractivity contribution in [1.82, 2.24) is 0 Å². The number of nitrogens with zero attached hydrogens (tertiary/aromatic N) is 1. The fourth-order valence-electron chi connectivity index (χ4n) is 2.32. The van der Waals surface area contributed by atoms with Crippen LogP contribution in [-0.2, 0) is 4.74 Å². The van der Waals surface area contributed by atoms with Crippen LogP contribution in [0.1, 0.15) is 27.7 Å². The van der Waals surface area contributed by atoms with Gasteiger partial charge in [-0.2, -0.15) is 0 Å². The number of aryl methyl sites for hydroxylation is 1. The van der Waals surface area contributed by atoms with Gasteiger partial charge in [0.25, 0.3) is 5.69 Å². The van der Waals surface area contributed by atoms with E-state index < -0.39 is 11.2 Å². The Hall–Kier alpha value is -2.89. The highest BCUT2D eigenvalue weighted by molar-refractivity contribution is 5.94. The Balaban J connectivity index is 1.89. The van der Waals surface area contributed by atoms with Gasteiger partial charge in [-0.25, -0.2) is 4.79 Å². The number of ether oxygens (including phenoxy) is 1. The normalized spacial score (nSPS) is 16.2. The molecule has 1 heterocycles. The Kier molecular flexibility index (Phi) is 3.06. The van der Waals surface area contributed by atoms with E-state index >= 15 is 0 Å². The summed E-state index contributed by atoms with van der Waals surface area (Å²) in [6, 6.07) is 11.6. The van der Waals surface area contributed by atoms with Gasteiger partial charge in [-0.1, -0.05) is 18.2 Å². The van der Waals surface area contributed by atoms with Crippen LogP contribution in [0.5, 0.6) is 0 Å². The van der Waals surface area contributed by atoms with E-state index in [2.05, 4.69) is 5.32 Å². The SMILES string of the molecule is Cc1cc([N+](=O)[O-])ccc1N[C@H]1OC(=O)c2ccccc21. The third-order valence-electron chi connectivity index (χ3n) is 3.40. The zero-order valence-electron chi connectivity index (χ0n) is 11.2. The summed E-state index contributed by atoms with van der Waals surface area (Å²) in [6.07, 6.45) is -0.575. The number of benzene rings is 2. The Morgan fingerprint density at radius 3 is 2.71 bits per heavy atom. The topological polar surface area (TPSA) is 81.5 Å². The molecule has 106 valence electrons. The molecule has 1 atom stereocenters. The fourth-order valence-corrected chi connectivity index (χ4v) is 2.32. The fraction of sp³-hybridized carbons (Fsp3) is 0.133. The van der Waals surface area contributed by atoms with Gasteiger partial charge in [0.05, 0.1) is 10.5 Å². The van der Waals surface area contributed by atoms with Gasteiger partial charge in [-0.3, -0.25) is 10.1 Å². The lowest BCUT2D eigenvalue weighted by Gasteiger charge is -2.16. The van der Waals surface area contributed by atoms with Gasteiger partial charge >= 0.3 is 5.97 Å². The van der Waals surface area contributed by atoms with Crippen LogP contribution < -0.4 is 5.32 Å². The molecular weight excluding hydrogens is 272 g/mol. The number of carbonyl (C=O) groups is 1. The van der Waals surface area contributed by atoms with Crippen molar-refractivity contribution < 1.29 is 14.5 Å². The lowest BCUT2D eigenvalue weighted by molar-refractivity contribution is -0.384. The van der Waals surface area contributed by atoms with Crippen LogP contribution >= 0.6 is 0 Å². The molecule has 1 aliphatic rings. The number of cyclic esters (lactones) is 1. The van der Waals surface area contributed by atoms with Crippen molar-refractivity contribution in [1.29, 1.82) is 0 Å². The van der Waals surface area contributed by atoms with Crippen molar-refractivity contribution in [2.24, 2.45) is 0 Å². The summed E-state index contributed by atoms with van der Waals surface area (Å²) >= 11 is 0. The zero-order valence-corrected chi connectivity index (χ0v) is 11.2. The Labute approximate surface area is 120 Å². The predicted molar refractivity (Wildman–Crippen MR) is 76.1 cm³/mol. The van der Waals surface area contributed by atoms with Crippen molar-refractivity contribution in [3.05, 3.63) is 69.3 Å². The van der Waals surface area contributed by atoms with Crippen LogP contribution in [0.2, 0.25) is 0 Å². The van der Waals surface area contributed by atoms with Crippen LogP contribution in [0.4, 0.5) is 11.4 Å². The van der Waals surface area contributed by atoms with Crippen LogP contribution in [0.25, 0.3) is 0 Å². The standard InChI is InChI=1S/C15H12N2O4/c1-9-8-10(17(19)20)6-7-13(9)16-14-11-4-2-3-5-12(11)15(18)21-14/h2-8,14,16H,1H3/t14-/m0/s1. The average molecular weight is 284 g/mol. The van der Waals surface area contributed by atoms with Gasteiger partial charge in [-0.05, 0) is 24.6 Å². The highest BCUT2D eigenvalue weighted by atomic mass is 16.6. The molecule has 2 aromatic rings. The molecule has 1 aliphatic heterocycles. The quantitative estimate of drug-likeness (QED) is 0.532. The second-order valence-corrected chi connectivity index (χ2v) is 4.77. The van der Waals surface area contributed by atoms with Crippen molar-refractivity contribution in [2.75, 3.05) is 5.32 Å². The summed E-state index contributed by atoms with van der Waals surface area (Å²) in [6.45, 7) is 1.76. The van der Waals surface area contributed by atoms with E-state index in [9.17, 15) is 14.9 Å². The molecule has 1 N–H and O–H groups in total. The molecule has 2 aromatic carbocycles. The minimum absolute atomic E-state index is 0.0295. The van der Waals surface area contributed by atoms with Gasteiger partial charge in [0.1, 0.15) is 0 Å². The zero-order chi connectivity index (χ0) is 15.0. The first-order chi connectivity index (χ1) is 10.1. The van der Waals surface area contributed by atoms with Gasteiger partial charge in [-0.15, -0.1) is 0 Å². The van der Waals surface area contributed by atoms with Gasteiger partial charge in [0.2, 0.25) is 6.23 Å². The number of nitro groups is 1. The molecule has 6 nitrogen and oxygen atoms in total. The number of hydrogen-bond donors (Lipinski definition) is 1. The molecule has 3 rings (SSSR count). The lowest BCUT2D eigenvalue weighted by atomic mass is 10.1. The summed E-state index contributed by atoms with van der Waals surface area (Å²) < 4.78 is 5.28. The minimum atomic E-state index is -0.575. The van der Waals surface area contributed by atoms with E-state index in [1.165, 1.54) is 12.1 Å². The van der Waals surface area contributed by atoms with Gasteiger partial charge in [0.15, 0.2) is 0 Å². The molecular formula is C15H12N2O4. The maximum Gasteiger partial charge on any atom is 0.340 e. The molecule has 0 aromatic heterocycles. The van der Waals surface area contributed by atoms with Crippen molar-refractivity contribution >= 4 is 17.3 Å². The molecule has 0 saturated carbocycles. The number of hydrogen-bond acceptors (Lipinski definition) is 5. The maximum atomic E-state index is 11.7. The van der Waals surface area contributed by atoms with Crippen LogP contribution in [0.15, 0.2) is 42.5 Å². The van der Waals surface area contributed by atoms with Gasteiger partial charge < -0.3 is 10.1 Å². The predicted octanol–water partition coefficient (Wildman–Crippen LogP) is 3.18. The number of nitro benzene ring substituents is 1. The number of non-ortho nitro benzene ring substituents is 1. The van der Waals surface area contributed by atoms with Crippen LogP contribution in [0, 0.1) is 17.0 Å². The first-order valence-electron chi connectivity index (χ1n) is 6.38. The molecule has 21 heavy (non-hydrogen) atoms. The molecule has 6 heteroatoms. The van der Waals surface area contributed by atoms with E-state index in [0.717, 1.165) is 5.56 Å². The first-order valence-corrected chi connectivity index (χ1v) is 6.38. The smallest absolute Gasteiger partial charge is 0.340 e. The highest BCUT2D eigenvalue weighted by Gasteiger charge is 2.30. The Morgan fingerprint density at radius 2 is 2.00 bits per heavy atom. The van der Waals surface area contributed by atoms with E-state index in [0.29, 0.717) is 16.8 Å². The maximum absolute atomic E-state index is 11.7. The number of fused-ring (bicyclic) bond motifs is 1. The third kappa shape index (κ3) is 2.31. The van der Waals surface area contributed by atoms with E-state index in [1.54, 1.807) is 25.1 Å². The number of nitrogens with one attached hydrogen (secondary N) is 1. The first kappa shape index (κ1) is 13.1. The average Bonchev–Trinajstić information content (AvgIpc) is 2.78. The van der Waals surface area contributed by atoms with E-state index in [4.69, 9.17) is 4.74 Å². The highest BCUT2D eigenvalue weighted by Crippen LogP contribution is 2.32. The van der Waals surface area contributed by atoms with Crippen LogP contribution in [-0.4, -0.2) is 10.9 Å². The van der Waals surface area contributed by atoms with Crippen molar-refractivity contribution in [3.63, 3.8) is 0 Å². The van der Waals surface area contributed by atoms with Gasteiger partial charge in [0, 0.05) is 23.4 Å². The molecule has 0 saturated heterocycles. The Bertz CT molecular complexity index is 742. The Morgan fingerprint density at radius 1 is 1.24 bits per heavy atom. The molecule has 0 fully saturated rings. The second kappa shape index (κ2) is 4.90. The third-order valence-corrected chi connectivity index (χ3v) is 3.40. The summed E-state index contributed by atoms with van der Waals surface area (Å²) in [7, 11) is 0. The van der Waals surface area contributed by atoms with Crippen molar-refractivity contribution in [2.45, 2.75) is 13.2 Å². The summed E-state index contributed by atoms with van der Waals surface area (Å²) in [5.41, 5.74) is 2.73. The molecule has 0 unspecified atom stereocenters. The van der Waals surface area contributed by atoms with E-state index in [1.807, 2.05) is 12.1 Å². The lowest BCUT2D eigenvalue weighted by Crippen LogP contribution is -2.11. The van der Waals surface area contributed by atoms with Crippen molar-refractivity contribution in [3.8, 4) is 0 Å². The molecule has 0 amide bonds. The monoisotopic (exact) mass is 284 g/mol. The number of rotatable bonds is 3. The number of anilines is 1. The van der Waals surface area contributed by atoms with E-state index in [-0.39, 0.29) is 11.7 Å². The summed E-state index contributed by atoms with van der Waals surface area (Å²) in [5.74, 6) is -0.373. The molecule has 0 radical (unpaired) electrons. The number of carbonyl (C=O) groups excluding carboxylic acids is 1. The molecule has 0 spiro atoms. The summed E-state index contributed by atoms with van der Waals surface area (Å²) in [4.78, 5) is 22.0. The molecule has 0 aliphatic carbocycles. The minimum Gasteiger partial charge on any atom is -0.434 e.